The molecule has 1 aliphatic heterocycles. The number of benzene rings is 2. The first kappa shape index (κ1) is 18.8. The third-order valence-electron chi connectivity index (χ3n) is 7.50. The molecule has 6 atom stereocenters. The Balaban J connectivity index is 1.35. The third-order valence-corrected chi connectivity index (χ3v) is 7.74. The van der Waals surface area contributed by atoms with Crippen molar-refractivity contribution in [2.24, 2.45) is 35.5 Å². The van der Waals surface area contributed by atoms with Crippen LogP contribution in [0.5, 0.6) is 0 Å². The lowest BCUT2D eigenvalue weighted by Gasteiger charge is -2.37. The molecule has 2 aromatic rings. The topological polar surface area (TPSA) is 66.5 Å². The Morgan fingerprint density at radius 1 is 1.00 bits per heavy atom. The number of rotatable bonds is 3. The fourth-order valence-electron chi connectivity index (χ4n) is 5.97. The second-order valence-electron chi connectivity index (χ2n) is 9.10. The van der Waals surface area contributed by atoms with Crippen molar-refractivity contribution in [2.45, 2.75) is 13.3 Å². The van der Waals surface area contributed by atoms with Gasteiger partial charge in [0.25, 0.3) is 5.91 Å². The maximum Gasteiger partial charge on any atom is 0.257 e. The highest BCUT2D eigenvalue weighted by atomic mass is 35.5. The Bertz CT molecular complexity index is 1150. The minimum Gasteiger partial charge on any atom is -0.322 e. The van der Waals surface area contributed by atoms with Crippen molar-refractivity contribution in [1.82, 2.24) is 0 Å². The molecule has 0 spiro atoms. The zero-order valence-corrected chi connectivity index (χ0v) is 17.7. The lowest BCUT2D eigenvalue weighted by molar-refractivity contribution is -0.124. The molecule has 31 heavy (non-hydrogen) atoms. The second kappa shape index (κ2) is 6.54. The van der Waals surface area contributed by atoms with Gasteiger partial charge in [0.05, 0.1) is 23.1 Å². The number of nitrogens with zero attached hydrogens (tertiary/aromatic N) is 1. The largest absolute Gasteiger partial charge is 0.322 e. The third kappa shape index (κ3) is 2.66. The van der Waals surface area contributed by atoms with Crippen LogP contribution in [0.3, 0.4) is 0 Å². The lowest BCUT2D eigenvalue weighted by atomic mass is 9.63. The number of hydrogen-bond donors (Lipinski definition) is 1. The first-order valence-electron chi connectivity index (χ1n) is 10.7. The summed E-state index contributed by atoms with van der Waals surface area (Å²) in [6.07, 6.45) is 5.41. The van der Waals surface area contributed by atoms with E-state index in [1.165, 1.54) is 4.90 Å². The molecule has 5 aliphatic rings. The van der Waals surface area contributed by atoms with E-state index in [0.717, 1.165) is 12.0 Å². The summed E-state index contributed by atoms with van der Waals surface area (Å²) in [5.74, 6) is 0.0796. The molecule has 0 aromatic heterocycles. The summed E-state index contributed by atoms with van der Waals surface area (Å²) in [7, 11) is 0. The van der Waals surface area contributed by atoms with Crippen LogP contribution in [0.1, 0.15) is 22.3 Å². The molecule has 7 rings (SSSR count). The molecule has 156 valence electrons. The van der Waals surface area contributed by atoms with Crippen LogP contribution < -0.4 is 10.2 Å². The highest BCUT2D eigenvalue weighted by Crippen LogP contribution is 2.65. The van der Waals surface area contributed by atoms with Crippen molar-refractivity contribution in [3.8, 4) is 0 Å². The molecule has 2 saturated carbocycles. The molecule has 3 amide bonds. The molecular formula is C25H21ClN2O3. The number of carbonyl (C=O) groups excluding carboxylic acids is 3. The van der Waals surface area contributed by atoms with E-state index in [4.69, 9.17) is 11.6 Å². The van der Waals surface area contributed by atoms with Gasteiger partial charge in [0, 0.05) is 10.7 Å². The van der Waals surface area contributed by atoms with Crippen LogP contribution in [0.4, 0.5) is 11.4 Å². The number of allylic oxidation sites excluding steroid dienone is 2. The van der Waals surface area contributed by atoms with Gasteiger partial charge >= 0.3 is 0 Å². The van der Waals surface area contributed by atoms with Crippen LogP contribution in [-0.4, -0.2) is 17.7 Å². The van der Waals surface area contributed by atoms with Crippen molar-refractivity contribution < 1.29 is 14.4 Å². The van der Waals surface area contributed by atoms with Gasteiger partial charge in [-0.3, -0.25) is 14.4 Å². The van der Waals surface area contributed by atoms with E-state index in [2.05, 4.69) is 17.5 Å². The Morgan fingerprint density at radius 2 is 1.65 bits per heavy atom. The van der Waals surface area contributed by atoms with E-state index in [0.29, 0.717) is 33.8 Å². The average Bonchev–Trinajstić information content (AvgIpc) is 3.54. The van der Waals surface area contributed by atoms with Crippen LogP contribution in [0, 0.1) is 42.4 Å². The van der Waals surface area contributed by atoms with E-state index < -0.39 is 0 Å². The first-order valence-corrected chi connectivity index (χ1v) is 11.1. The maximum atomic E-state index is 13.5. The van der Waals surface area contributed by atoms with Gasteiger partial charge in [-0.1, -0.05) is 42.0 Å². The lowest BCUT2D eigenvalue weighted by Crippen LogP contribution is -2.40. The number of para-hydroxylation sites is 1. The number of hydrogen-bond acceptors (Lipinski definition) is 3. The molecule has 0 unspecified atom stereocenters. The van der Waals surface area contributed by atoms with Gasteiger partial charge in [0.1, 0.15) is 0 Å². The summed E-state index contributed by atoms with van der Waals surface area (Å²) in [5.41, 5.74) is 2.13. The Kier molecular flexibility index (Phi) is 3.97. The quantitative estimate of drug-likeness (QED) is 0.575. The first-order chi connectivity index (χ1) is 15.0. The van der Waals surface area contributed by atoms with Crippen LogP contribution >= 0.6 is 11.6 Å². The molecule has 1 heterocycles. The minimum absolute atomic E-state index is 0.150. The van der Waals surface area contributed by atoms with Crippen molar-refractivity contribution >= 4 is 40.7 Å². The predicted molar refractivity (Wildman–Crippen MR) is 118 cm³/mol. The summed E-state index contributed by atoms with van der Waals surface area (Å²) in [6, 6.07) is 12.1. The summed E-state index contributed by atoms with van der Waals surface area (Å²) in [4.78, 5) is 41.4. The van der Waals surface area contributed by atoms with E-state index in [1.807, 2.05) is 13.0 Å². The van der Waals surface area contributed by atoms with Gasteiger partial charge < -0.3 is 5.32 Å². The van der Waals surface area contributed by atoms with E-state index >= 15 is 0 Å². The second-order valence-corrected chi connectivity index (χ2v) is 9.53. The number of nitrogens with one attached hydrogen (secondary N) is 1. The van der Waals surface area contributed by atoms with Crippen molar-refractivity contribution in [3.05, 3.63) is 70.8 Å². The number of imide groups is 1. The zero-order chi connectivity index (χ0) is 21.4. The highest BCUT2D eigenvalue weighted by molar-refractivity contribution is 6.31. The summed E-state index contributed by atoms with van der Waals surface area (Å²) >= 11 is 6.08. The summed E-state index contributed by atoms with van der Waals surface area (Å²) in [6.45, 7) is 1.88. The van der Waals surface area contributed by atoms with Gasteiger partial charge in [-0.15, -0.1) is 0 Å². The van der Waals surface area contributed by atoms with Gasteiger partial charge in [-0.2, -0.15) is 0 Å². The van der Waals surface area contributed by atoms with E-state index in [9.17, 15) is 14.4 Å². The molecule has 0 radical (unpaired) electrons. The zero-order valence-electron chi connectivity index (χ0n) is 16.9. The monoisotopic (exact) mass is 432 g/mol. The Hall–Kier alpha value is -2.92. The van der Waals surface area contributed by atoms with Crippen LogP contribution in [0.2, 0.25) is 5.02 Å². The highest BCUT2D eigenvalue weighted by Gasteiger charge is 2.67. The van der Waals surface area contributed by atoms with E-state index in [-0.39, 0.29) is 41.4 Å². The molecular weight excluding hydrogens is 412 g/mol. The van der Waals surface area contributed by atoms with Crippen molar-refractivity contribution in [1.29, 1.82) is 0 Å². The van der Waals surface area contributed by atoms with Crippen LogP contribution in [0.25, 0.3) is 0 Å². The van der Waals surface area contributed by atoms with Crippen LogP contribution in [-0.2, 0) is 9.59 Å². The summed E-state index contributed by atoms with van der Waals surface area (Å²) < 4.78 is 0. The average molecular weight is 433 g/mol. The number of anilines is 2. The number of carbonyl (C=O) groups is 3. The molecule has 5 nitrogen and oxygen atoms in total. The number of aryl methyl sites for hydroxylation is 1. The predicted octanol–water partition coefficient (Wildman–Crippen LogP) is 4.46. The van der Waals surface area contributed by atoms with Crippen molar-refractivity contribution in [3.63, 3.8) is 0 Å². The molecule has 3 fully saturated rings. The van der Waals surface area contributed by atoms with Gasteiger partial charge in [0.15, 0.2) is 0 Å². The molecule has 6 heteroatoms. The number of halogens is 1. The fraction of sp³-hybridized carbons (Fsp3) is 0.320. The van der Waals surface area contributed by atoms with Gasteiger partial charge in [-0.25, -0.2) is 4.90 Å². The molecule has 2 aromatic carbocycles. The Morgan fingerprint density at radius 3 is 2.32 bits per heavy atom. The van der Waals surface area contributed by atoms with Gasteiger partial charge in [-0.05, 0) is 66.8 Å². The minimum atomic E-state index is -0.375. The maximum absolute atomic E-state index is 13.5. The van der Waals surface area contributed by atoms with Gasteiger partial charge in [0.2, 0.25) is 11.8 Å². The van der Waals surface area contributed by atoms with Crippen LogP contribution in [0.15, 0.2) is 54.6 Å². The molecule has 2 bridgehead atoms. The normalized spacial score (nSPS) is 32.1. The van der Waals surface area contributed by atoms with Crippen molar-refractivity contribution in [2.75, 3.05) is 10.2 Å². The standard InChI is InChI=1S/C25H21ClN2O3/c1-12-6-7-13(26)10-19(12)27-23(29)16-4-2-3-5-20(16)28-24(30)21-14-8-9-15(18-11-17(14)18)22(21)25(28)31/h2-10,14-15,17-18,21-22H,11H2,1H3,(H,27,29)/t14-,15+,17-,18-,21-,22+/m0/s1. The summed E-state index contributed by atoms with van der Waals surface area (Å²) in [5, 5.41) is 3.40. The smallest absolute Gasteiger partial charge is 0.257 e. The molecule has 1 saturated heterocycles. The molecule has 1 N–H and O–H groups in total. The SMILES string of the molecule is Cc1ccc(Cl)cc1NC(=O)c1ccccc1N1C(=O)[C@@H]2[C@@H]3C=C[C@@H]([C@@H]4C[C@@H]34)[C@@H]2C1=O. The number of amides is 3. The Labute approximate surface area is 185 Å². The fourth-order valence-corrected chi connectivity index (χ4v) is 6.15. The van der Waals surface area contributed by atoms with E-state index in [1.54, 1.807) is 36.4 Å². The molecule has 4 aliphatic carbocycles.